The van der Waals surface area contributed by atoms with Gasteiger partial charge in [-0.1, -0.05) is 6.07 Å². The Labute approximate surface area is 170 Å². The molecular formula is C21H15N7O2. The van der Waals surface area contributed by atoms with E-state index in [1.165, 1.54) is 6.33 Å². The summed E-state index contributed by atoms with van der Waals surface area (Å²) in [6.45, 7) is 0. The van der Waals surface area contributed by atoms with Gasteiger partial charge in [-0.3, -0.25) is 10.1 Å². The van der Waals surface area contributed by atoms with Crippen LogP contribution < -0.4 is 15.4 Å². The molecule has 2 aromatic carbocycles. The first-order valence-corrected chi connectivity index (χ1v) is 9.09. The number of benzene rings is 2. The van der Waals surface area contributed by atoms with Crippen molar-refractivity contribution in [2.45, 2.75) is 0 Å². The summed E-state index contributed by atoms with van der Waals surface area (Å²) in [7, 11) is 0. The quantitative estimate of drug-likeness (QED) is 0.415. The second-order valence-corrected chi connectivity index (χ2v) is 6.43. The van der Waals surface area contributed by atoms with Crippen molar-refractivity contribution in [1.82, 2.24) is 25.1 Å². The number of rotatable bonds is 4. The summed E-state index contributed by atoms with van der Waals surface area (Å²) in [5, 5.41) is 14.0. The number of pyridine rings is 1. The van der Waals surface area contributed by atoms with Gasteiger partial charge in [-0.15, -0.1) is 0 Å². The van der Waals surface area contributed by atoms with Gasteiger partial charge in [0.15, 0.2) is 5.65 Å². The standard InChI is InChI=1S/C21H15N7O2/c29-21(27-15-5-8-18-13(10-15)2-1-9-22-18)26-14-3-6-16(7-4-14)30-20-17-11-25-28-19(17)23-12-24-20/h1-12H,(H2,26,27,29)(H,23,24,25,28). The highest BCUT2D eigenvalue weighted by molar-refractivity contribution is 6.01. The zero-order valence-electron chi connectivity index (χ0n) is 15.5. The van der Waals surface area contributed by atoms with E-state index in [0.29, 0.717) is 34.0 Å². The van der Waals surface area contributed by atoms with Gasteiger partial charge in [0.1, 0.15) is 17.5 Å². The molecule has 146 valence electrons. The first kappa shape index (κ1) is 17.6. The Hall–Kier alpha value is -4.53. The summed E-state index contributed by atoms with van der Waals surface area (Å²) in [4.78, 5) is 24.8. The summed E-state index contributed by atoms with van der Waals surface area (Å²) >= 11 is 0. The molecule has 0 saturated carbocycles. The molecule has 0 saturated heterocycles. The zero-order valence-corrected chi connectivity index (χ0v) is 15.5. The van der Waals surface area contributed by atoms with Gasteiger partial charge in [0.25, 0.3) is 0 Å². The molecule has 0 fully saturated rings. The van der Waals surface area contributed by atoms with E-state index in [1.807, 2.05) is 30.3 Å². The van der Waals surface area contributed by atoms with E-state index in [9.17, 15) is 4.79 Å². The minimum Gasteiger partial charge on any atom is -0.438 e. The molecule has 0 atom stereocenters. The van der Waals surface area contributed by atoms with Crippen molar-refractivity contribution in [2.24, 2.45) is 0 Å². The number of anilines is 2. The molecule has 0 unspecified atom stereocenters. The van der Waals surface area contributed by atoms with Crippen LogP contribution in [0, 0.1) is 0 Å². The molecule has 0 aliphatic rings. The predicted octanol–water partition coefficient (Wildman–Crippen LogP) is 4.34. The summed E-state index contributed by atoms with van der Waals surface area (Å²) in [6, 6.07) is 16.0. The molecule has 3 N–H and O–H groups in total. The third-order valence-corrected chi connectivity index (χ3v) is 4.40. The molecule has 5 aromatic rings. The van der Waals surface area contributed by atoms with Crippen LogP contribution in [0.25, 0.3) is 21.9 Å². The van der Waals surface area contributed by atoms with Gasteiger partial charge in [0, 0.05) is 23.0 Å². The third-order valence-electron chi connectivity index (χ3n) is 4.40. The molecule has 0 bridgehead atoms. The Bertz CT molecular complexity index is 1350. The Kier molecular flexibility index (Phi) is 4.37. The smallest absolute Gasteiger partial charge is 0.323 e. The maximum absolute atomic E-state index is 12.3. The van der Waals surface area contributed by atoms with E-state index in [0.717, 1.165) is 10.9 Å². The molecular weight excluding hydrogens is 382 g/mol. The largest absolute Gasteiger partial charge is 0.438 e. The normalized spacial score (nSPS) is 10.8. The second-order valence-electron chi connectivity index (χ2n) is 6.43. The SMILES string of the molecule is O=C(Nc1ccc(Oc2ncnc3[nH]ncc23)cc1)Nc1ccc2ncccc2c1. The van der Waals surface area contributed by atoms with Gasteiger partial charge in [-0.25, -0.2) is 14.8 Å². The maximum Gasteiger partial charge on any atom is 0.323 e. The van der Waals surface area contributed by atoms with Crippen LogP contribution in [-0.2, 0) is 0 Å². The number of carbonyl (C=O) groups excluding carboxylic acids is 1. The fourth-order valence-electron chi connectivity index (χ4n) is 2.99. The summed E-state index contributed by atoms with van der Waals surface area (Å²) in [6.07, 6.45) is 4.74. The highest BCUT2D eigenvalue weighted by Gasteiger charge is 2.08. The van der Waals surface area contributed by atoms with Gasteiger partial charge in [-0.05, 0) is 48.5 Å². The van der Waals surface area contributed by atoms with Crippen molar-refractivity contribution in [2.75, 3.05) is 10.6 Å². The average molecular weight is 397 g/mol. The number of H-pyrrole nitrogens is 1. The molecule has 0 radical (unpaired) electrons. The zero-order chi connectivity index (χ0) is 20.3. The van der Waals surface area contributed by atoms with E-state index in [-0.39, 0.29) is 6.03 Å². The number of hydrogen-bond acceptors (Lipinski definition) is 6. The number of nitrogens with one attached hydrogen (secondary N) is 3. The number of nitrogens with zero attached hydrogens (tertiary/aromatic N) is 4. The Balaban J connectivity index is 1.25. The molecule has 9 nitrogen and oxygen atoms in total. The number of amides is 2. The Morgan fingerprint density at radius 1 is 0.933 bits per heavy atom. The van der Waals surface area contributed by atoms with Crippen LogP contribution in [0.1, 0.15) is 0 Å². The van der Waals surface area contributed by atoms with E-state index in [4.69, 9.17) is 4.74 Å². The van der Waals surface area contributed by atoms with Crippen molar-refractivity contribution < 1.29 is 9.53 Å². The first-order valence-electron chi connectivity index (χ1n) is 9.09. The number of aromatic nitrogens is 5. The molecule has 30 heavy (non-hydrogen) atoms. The van der Waals surface area contributed by atoms with Gasteiger partial charge >= 0.3 is 6.03 Å². The fraction of sp³-hybridized carbons (Fsp3) is 0. The summed E-state index contributed by atoms with van der Waals surface area (Å²) in [5.74, 6) is 0.974. The first-order chi connectivity index (χ1) is 14.7. The minimum absolute atomic E-state index is 0.345. The lowest BCUT2D eigenvalue weighted by Crippen LogP contribution is -2.19. The molecule has 9 heteroatoms. The van der Waals surface area contributed by atoms with E-state index in [2.05, 4.69) is 35.8 Å². The van der Waals surface area contributed by atoms with E-state index in [1.54, 1.807) is 36.7 Å². The maximum atomic E-state index is 12.3. The van der Waals surface area contributed by atoms with Gasteiger partial charge in [0.05, 0.1) is 11.7 Å². The van der Waals surface area contributed by atoms with Gasteiger partial charge < -0.3 is 15.4 Å². The number of ether oxygens (including phenoxy) is 1. The highest BCUT2D eigenvalue weighted by Crippen LogP contribution is 2.26. The van der Waals surface area contributed by atoms with E-state index < -0.39 is 0 Å². The fourth-order valence-corrected chi connectivity index (χ4v) is 2.99. The predicted molar refractivity (Wildman–Crippen MR) is 113 cm³/mol. The number of fused-ring (bicyclic) bond motifs is 2. The average Bonchev–Trinajstić information content (AvgIpc) is 3.25. The third kappa shape index (κ3) is 3.59. The van der Waals surface area contributed by atoms with Gasteiger partial charge in [-0.2, -0.15) is 5.10 Å². The number of aromatic amines is 1. The topological polar surface area (TPSA) is 118 Å². The number of hydrogen-bond donors (Lipinski definition) is 3. The van der Waals surface area contributed by atoms with Crippen LogP contribution in [0.4, 0.5) is 16.2 Å². The van der Waals surface area contributed by atoms with Crippen LogP contribution in [-0.4, -0.2) is 31.2 Å². The number of carbonyl (C=O) groups is 1. The van der Waals surface area contributed by atoms with Crippen molar-refractivity contribution in [3.8, 4) is 11.6 Å². The van der Waals surface area contributed by atoms with Crippen molar-refractivity contribution >= 4 is 39.3 Å². The molecule has 2 amide bonds. The lowest BCUT2D eigenvalue weighted by Gasteiger charge is -2.09. The lowest BCUT2D eigenvalue weighted by molar-refractivity contribution is 0.262. The second kappa shape index (κ2) is 7.47. The number of urea groups is 1. The summed E-state index contributed by atoms with van der Waals surface area (Å²) < 4.78 is 5.80. The van der Waals surface area contributed by atoms with Crippen molar-refractivity contribution in [3.05, 3.63) is 73.3 Å². The van der Waals surface area contributed by atoms with Crippen LogP contribution in [0.3, 0.4) is 0 Å². The van der Waals surface area contributed by atoms with Crippen molar-refractivity contribution in [1.29, 1.82) is 0 Å². The molecule has 5 rings (SSSR count). The molecule has 0 aliphatic carbocycles. The molecule has 3 heterocycles. The van der Waals surface area contributed by atoms with Crippen LogP contribution in [0.5, 0.6) is 11.6 Å². The highest BCUT2D eigenvalue weighted by atomic mass is 16.5. The molecule has 0 spiro atoms. The molecule has 3 aromatic heterocycles. The summed E-state index contributed by atoms with van der Waals surface area (Å²) in [5.41, 5.74) is 2.77. The van der Waals surface area contributed by atoms with Crippen LogP contribution >= 0.6 is 0 Å². The minimum atomic E-state index is -0.345. The monoisotopic (exact) mass is 397 g/mol. The Morgan fingerprint density at radius 3 is 2.67 bits per heavy atom. The van der Waals surface area contributed by atoms with Crippen molar-refractivity contribution in [3.63, 3.8) is 0 Å². The lowest BCUT2D eigenvalue weighted by atomic mass is 10.2. The van der Waals surface area contributed by atoms with Crippen LogP contribution in [0.2, 0.25) is 0 Å². The van der Waals surface area contributed by atoms with Gasteiger partial charge in [0.2, 0.25) is 5.88 Å². The van der Waals surface area contributed by atoms with E-state index >= 15 is 0 Å². The molecule has 0 aliphatic heterocycles. The Morgan fingerprint density at radius 2 is 1.77 bits per heavy atom. The van der Waals surface area contributed by atoms with Crippen LogP contribution in [0.15, 0.2) is 73.3 Å².